The molecule has 0 bridgehead atoms. The van der Waals surface area contributed by atoms with Crippen LogP contribution in [-0.2, 0) is 30.3 Å². The van der Waals surface area contributed by atoms with Gasteiger partial charge in [-0.2, -0.15) is 0 Å². The predicted molar refractivity (Wildman–Crippen MR) is 285 cm³/mol. The summed E-state index contributed by atoms with van der Waals surface area (Å²) in [4.78, 5) is 66.4. The number of hydrogen-bond acceptors (Lipinski definition) is 8. The summed E-state index contributed by atoms with van der Waals surface area (Å²) in [6, 6.07) is 36.3. The van der Waals surface area contributed by atoms with E-state index in [-0.39, 0.29) is 58.5 Å². The Hall–Kier alpha value is -7.36. The number of ketones is 2. The molecule has 0 unspecified atom stereocenters. The molecule has 2 N–H and O–H groups in total. The summed E-state index contributed by atoms with van der Waals surface area (Å²) in [5, 5.41) is 6.15. The molecule has 4 spiro atoms. The highest BCUT2D eigenvalue weighted by Gasteiger charge is 2.76. The fourth-order valence-corrected chi connectivity index (χ4v) is 14.2. The van der Waals surface area contributed by atoms with Crippen LogP contribution in [0.25, 0.3) is 12.2 Å². The van der Waals surface area contributed by atoms with Crippen molar-refractivity contribution in [1.29, 1.82) is 0 Å². The van der Waals surface area contributed by atoms with E-state index in [0.717, 1.165) is 33.4 Å². The molecule has 0 radical (unpaired) electrons. The van der Waals surface area contributed by atoms with Crippen LogP contribution in [-0.4, -0.2) is 110 Å². The van der Waals surface area contributed by atoms with Gasteiger partial charge in [0.2, 0.25) is 0 Å². The zero-order valence-corrected chi connectivity index (χ0v) is 43.2. The van der Waals surface area contributed by atoms with E-state index in [1.165, 1.54) is 48.5 Å². The molecule has 6 aliphatic heterocycles. The highest BCUT2D eigenvalue weighted by Crippen LogP contribution is 2.66. The molecule has 6 heterocycles. The first-order valence-corrected chi connectivity index (χ1v) is 25.5. The van der Waals surface area contributed by atoms with Crippen molar-refractivity contribution in [3.63, 3.8) is 0 Å². The van der Waals surface area contributed by atoms with Crippen LogP contribution in [0.3, 0.4) is 0 Å². The standard InChI is InChI=1S/2C31H29F2N3O2/c2*1-19-4-13-27-25(14-19)31(29(38)34-27)30(26(17-36(31)3)21-7-11-24(33)12-8-21)18-35(2)16-22(28(30)37)15-20-5-9-23(32)10-6-20/h2*4-15,26H,16-18H2,1-3H3,(H,34,38)/b2*22-15+/t2*26-,30+,31+/m11/s1. The number of Topliss-reactive ketones (excluding diaryl/α,β-unsaturated/α-hetero) is 2. The van der Waals surface area contributed by atoms with Gasteiger partial charge in [0, 0.05) is 84.8 Å². The Balaban J connectivity index is 0.000000162. The quantitative estimate of drug-likeness (QED) is 0.133. The largest absolute Gasteiger partial charge is 0.324 e. The monoisotopic (exact) mass is 1030 g/mol. The summed E-state index contributed by atoms with van der Waals surface area (Å²) in [5.41, 5.74) is 4.23. The Kier molecular flexibility index (Phi) is 12.5. The molecule has 2 amide bonds. The van der Waals surface area contributed by atoms with Gasteiger partial charge in [0.25, 0.3) is 11.8 Å². The van der Waals surface area contributed by atoms with Crippen molar-refractivity contribution in [3.8, 4) is 0 Å². The second kappa shape index (κ2) is 18.7. The first-order valence-electron chi connectivity index (χ1n) is 25.5. The molecular formula is C62H58F4N6O4. The molecule has 0 aliphatic carbocycles. The highest BCUT2D eigenvalue weighted by molar-refractivity contribution is 6.17. The maximum absolute atomic E-state index is 14.9. The number of benzene rings is 6. The average Bonchev–Trinajstić information content (AvgIpc) is 4.16. The lowest BCUT2D eigenvalue weighted by Crippen LogP contribution is -2.65. The zero-order chi connectivity index (χ0) is 53.6. The molecule has 10 nitrogen and oxygen atoms in total. The molecule has 6 aliphatic rings. The molecule has 6 aromatic carbocycles. The number of carbonyl (C=O) groups excluding carboxylic acids is 4. The number of aryl methyl sites for hydroxylation is 2. The SMILES string of the molecule is Cc1ccc2c(c1)[C@@]1(C(=O)N2)N(C)C[C@H](c2ccc(F)cc2)[C@]12CN(C)C/C(=C\c1ccc(F)cc1)C2=O.Cc1ccc2c(c1)[C@@]1(C(=O)N2)N(C)C[C@H](c2ccc(F)cc2)[C@]12CN(C)C/C(=C\c1ccc(F)cc1)C2=O. The molecule has 0 saturated carbocycles. The first-order chi connectivity index (χ1) is 36.3. The maximum Gasteiger partial charge on any atom is 0.250 e. The maximum atomic E-state index is 14.9. The Morgan fingerprint density at radius 1 is 0.474 bits per heavy atom. The zero-order valence-electron chi connectivity index (χ0n) is 43.2. The Labute approximate surface area is 439 Å². The van der Waals surface area contributed by atoms with E-state index in [1.807, 2.05) is 88.2 Å². The van der Waals surface area contributed by atoms with E-state index < -0.39 is 21.9 Å². The van der Waals surface area contributed by atoms with Crippen molar-refractivity contribution in [2.75, 3.05) is 78.1 Å². The number of hydrogen-bond donors (Lipinski definition) is 2. The lowest BCUT2D eigenvalue weighted by molar-refractivity contribution is -0.146. The van der Waals surface area contributed by atoms with Crippen LogP contribution in [0, 0.1) is 47.9 Å². The lowest BCUT2D eigenvalue weighted by Gasteiger charge is -2.50. The van der Waals surface area contributed by atoms with E-state index in [0.29, 0.717) is 72.9 Å². The van der Waals surface area contributed by atoms with Crippen molar-refractivity contribution in [3.05, 3.63) is 212 Å². The minimum absolute atomic E-state index is 0.108. The molecule has 14 heteroatoms. The van der Waals surface area contributed by atoms with E-state index in [4.69, 9.17) is 0 Å². The van der Waals surface area contributed by atoms with Crippen LogP contribution in [0.5, 0.6) is 0 Å². The van der Waals surface area contributed by atoms with Crippen LogP contribution in [0.15, 0.2) is 145 Å². The smallest absolute Gasteiger partial charge is 0.250 e. The third-order valence-electron chi connectivity index (χ3n) is 17.1. The topological polar surface area (TPSA) is 105 Å². The van der Waals surface area contributed by atoms with E-state index in [2.05, 4.69) is 20.4 Å². The number of anilines is 2. The number of amides is 2. The number of carbonyl (C=O) groups is 4. The lowest BCUT2D eigenvalue weighted by atomic mass is 9.56. The van der Waals surface area contributed by atoms with Gasteiger partial charge in [0.1, 0.15) is 34.3 Å². The van der Waals surface area contributed by atoms with E-state index >= 15 is 0 Å². The number of nitrogens with zero attached hydrogens (tertiary/aromatic N) is 4. The molecule has 6 aromatic rings. The van der Waals surface area contributed by atoms with Crippen LogP contribution in [0.1, 0.15) is 56.3 Å². The van der Waals surface area contributed by atoms with Crippen LogP contribution >= 0.6 is 0 Å². The van der Waals surface area contributed by atoms with Gasteiger partial charge in [-0.15, -0.1) is 0 Å². The van der Waals surface area contributed by atoms with Crippen molar-refractivity contribution in [2.24, 2.45) is 10.8 Å². The summed E-state index contributed by atoms with van der Waals surface area (Å²) in [6.45, 7) is 6.33. The third kappa shape index (κ3) is 7.58. The van der Waals surface area contributed by atoms with E-state index in [1.54, 1.807) is 60.7 Å². The van der Waals surface area contributed by atoms with Gasteiger partial charge >= 0.3 is 0 Å². The van der Waals surface area contributed by atoms with Gasteiger partial charge in [0.15, 0.2) is 11.6 Å². The summed E-state index contributed by atoms with van der Waals surface area (Å²) in [7, 11) is 7.69. The van der Waals surface area contributed by atoms with Crippen LogP contribution in [0.4, 0.5) is 28.9 Å². The molecule has 4 saturated heterocycles. The Morgan fingerprint density at radius 3 is 1.14 bits per heavy atom. The first kappa shape index (κ1) is 50.8. The molecule has 0 aromatic heterocycles. The normalized spacial score (nSPS) is 28.4. The van der Waals surface area contributed by atoms with E-state index in [9.17, 15) is 36.7 Å². The minimum atomic E-state index is -1.26. The van der Waals surface area contributed by atoms with Crippen LogP contribution < -0.4 is 10.6 Å². The highest BCUT2D eigenvalue weighted by atomic mass is 19.1. The van der Waals surface area contributed by atoms with Crippen molar-refractivity contribution >= 4 is 46.9 Å². The van der Waals surface area contributed by atoms with Gasteiger partial charge in [-0.25, -0.2) is 17.6 Å². The number of rotatable bonds is 4. The molecule has 6 atom stereocenters. The fraction of sp³-hybridized carbons (Fsp3) is 0.290. The second-order valence-corrected chi connectivity index (χ2v) is 21.8. The Morgan fingerprint density at radius 2 is 0.803 bits per heavy atom. The number of piperidine rings is 2. The van der Waals surface area contributed by atoms with Gasteiger partial charge in [0.05, 0.1) is 10.8 Å². The fourth-order valence-electron chi connectivity index (χ4n) is 14.2. The molecule has 76 heavy (non-hydrogen) atoms. The van der Waals surface area contributed by atoms with Crippen molar-refractivity contribution in [1.82, 2.24) is 19.6 Å². The minimum Gasteiger partial charge on any atom is -0.324 e. The Bertz CT molecular complexity index is 3190. The predicted octanol–water partition coefficient (Wildman–Crippen LogP) is 9.47. The average molecular weight is 1030 g/mol. The van der Waals surface area contributed by atoms with Gasteiger partial charge in [-0.1, -0.05) is 83.9 Å². The molecular weight excluding hydrogens is 969 g/mol. The van der Waals surface area contributed by atoms with Crippen LogP contribution in [0.2, 0.25) is 0 Å². The molecule has 388 valence electrons. The number of likely N-dealkylation sites (N-methyl/N-ethyl adjacent to an activating group) is 4. The number of likely N-dealkylation sites (tertiary alicyclic amines) is 4. The summed E-state index contributed by atoms with van der Waals surface area (Å²) in [5.74, 6) is -2.83. The summed E-state index contributed by atoms with van der Waals surface area (Å²) >= 11 is 0. The van der Waals surface area contributed by atoms with Gasteiger partial charge in [-0.05, 0) is 137 Å². The third-order valence-corrected chi connectivity index (χ3v) is 17.1. The van der Waals surface area contributed by atoms with Crippen molar-refractivity contribution < 1.29 is 36.7 Å². The van der Waals surface area contributed by atoms with Gasteiger partial charge in [-0.3, -0.25) is 29.0 Å². The number of fused-ring (bicyclic) bond motifs is 6. The number of halogens is 4. The summed E-state index contributed by atoms with van der Waals surface area (Å²) < 4.78 is 55.1. The molecule has 12 rings (SSSR count). The van der Waals surface area contributed by atoms with Crippen molar-refractivity contribution in [2.45, 2.75) is 36.8 Å². The number of nitrogens with one attached hydrogen (secondary N) is 2. The molecule has 4 fully saturated rings. The van der Waals surface area contributed by atoms with Gasteiger partial charge < -0.3 is 20.4 Å². The summed E-state index contributed by atoms with van der Waals surface area (Å²) in [6.07, 6.45) is 3.61. The second-order valence-electron chi connectivity index (χ2n) is 21.8.